The van der Waals surface area contributed by atoms with Gasteiger partial charge in [0.2, 0.25) is 0 Å². The fourth-order valence-electron chi connectivity index (χ4n) is 1.65. The summed E-state index contributed by atoms with van der Waals surface area (Å²) in [5.74, 6) is 0.939. The summed E-state index contributed by atoms with van der Waals surface area (Å²) in [7, 11) is 1.70. The van der Waals surface area contributed by atoms with Crippen molar-refractivity contribution in [3.63, 3.8) is 0 Å². The highest BCUT2D eigenvalue weighted by Crippen LogP contribution is 2.16. The van der Waals surface area contributed by atoms with E-state index in [0.29, 0.717) is 0 Å². The summed E-state index contributed by atoms with van der Waals surface area (Å²) in [6.07, 6.45) is 0.971. The standard InChI is InChI=1S/C13H16N2OS/c1-16-13-5-3-2-4-11(13)8-14-7-6-12-9-17-10-15-12/h2-5,9-10,14H,6-8H2,1H3. The van der Waals surface area contributed by atoms with E-state index < -0.39 is 0 Å². The summed E-state index contributed by atoms with van der Waals surface area (Å²) in [5, 5.41) is 5.49. The largest absolute Gasteiger partial charge is 0.496 e. The Labute approximate surface area is 105 Å². The predicted octanol–water partition coefficient (Wildman–Crippen LogP) is 2.48. The van der Waals surface area contributed by atoms with Crippen LogP contribution in [-0.2, 0) is 13.0 Å². The second kappa shape index (κ2) is 6.37. The van der Waals surface area contributed by atoms with Gasteiger partial charge in [0.1, 0.15) is 5.75 Å². The quantitative estimate of drug-likeness (QED) is 0.797. The average molecular weight is 248 g/mol. The number of hydrogen-bond acceptors (Lipinski definition) is 4. The Kier molecular flexibility index (Phi) is 4.53. The van der Waals surface area contributed by atoms with Crippen molar-refractivity contribution in [1.29, 1.82) is 0 Å². The van der Waals surface area contributed by atoms with Gasteiger partial charge in [-0.1, -0.05) is 18.2 Å². The van der Waals surface area contributed by atoms with E-state index in [1.165, 1.54) is 5.56 Å². The summed E-state index contributed by atoms with van der Waals surface area (Å²) in [6, 6.07) is 8.07. The molecule has 0 aliphatic rings. The van der Waals surface area contributed by atoms with Gasteiger partial charge in [-0.3, -0.25) is 0 Å². The lowest BCUT2D eigenvalue weighted by molar-refractivity contribution is 0.408. The highest BCUT2D eigenvalue weighted by Gasteiger charge is 2.00. The molecule has 0 saturated heterocycles. The zero-order valence-corrected chi connectivity index (χ0v) is 10.7. The molecule has 0 radical (unpaired) electrons. The van der Waals surface area contributed by atoms with Gasteiger partial charge < -0.3 is 10.1 Å². The van der Waals surface area contributed by atoms with Crippen LogP contribution in [0.2, 0.25) is 0 Å². The number of methoxy groups -OCH3 is 1. The first-order valence-electron chi connectivity index (χ1n) is 5.60. The number of rotatable bonds is 6. The minimum atomic E-state index is 0.828. The molecule has 90 valence electrons. The lowest BCUT2D eigenvalue weighted by Crippen LogP contribution is -2.17. The average Bonchev–Trinajstić information content (AvgIpc) is 2.88. The number of nitrogens with zero attached hydrogens (tertiary/aromatic N) is 1. The highest BCUT2D eigenvalue weighted by atomic mass is 32.1. The van der Waals surface area contributed by atoms with E-state index in [-0.39, 0.29) is 0 Å². The van der Waals surface area contributed by atoms with Crippen molar-refractivity contribution in [2.24, 2.45) is 0 Å². The second-order valence-corrected chi connectivity index (χ2v) is 4.44. The molecule has 0 amide bonds. The SMILES string of the molecule is COc1ccccc1CNCCc1cscn1. The fourth-order valence-corrected chi connectivity index (χ4v) is 2.24. The molecule has 2 aromatic rings. The van der Waals surface area contributed by atoms with Crippen molar-refractivity contribution in [3.8, 4) is 5.75 Å². The van der Waals surface area contributed by atoms with E-state index in [2.05, 4.69) is 21.7 Å². The summed E-state index contributed by atoms with van der Waals surface area (Å²) in [5.41, 5.74) is 4.21. The molecule has 0 unspecified atom stereocenters. The molecule has 3 nitrogen and oxygen atoms in total. The molecular weight excluding hydrogens is 232 g/mol. The van der Waals surface area contributed by atoms with Crippen LogP contribution in [0.4, 0.5) is 0 Å². The van der Waals surface area contributed by atoms with Crippen molar-refractivity contribution in [3.05, 3.63) is 46.4 Å². The van der Waals surface area contributed by atoms with Crippen LogP contribution in [0.1, 0.15) is 11.3 Å². The normalized spacial score (nSPS) is 10.4. The maximum absolute atomic E-state index is 5.30. The van der Waals surface area contributed by atoms with E-state index in [4.69, 9.17) is 4.74 Å². The number of ether oxygens (including phenoxy) is 1. The first kappa shape index (κ1) is 12.1. The van der Waals surface area contributed by atoms with Gasteiger partial charge in [-0.15, -0.1) is 11.3 Å². The van der Waals surface area contributed by atoms with Gasteiger partial charge in [0.25, 0.3) is 0 Å². The highest BCUT2D eigenvalue weighted by molar-refractivity contribution is 7.07. The predicted molar refractivity (Wildman–Crippen MR) is 70.5 cm³/mol. The lowest BCUT2D eigenvalue weighted by Gasteiger charge is -2.08. The van der Waals surface area contributed by atoms with Gasteiger partial charge >= 0.3 is 0 Å². The van der Waals surface area contributed by atoms with Crippen LogP contribution in [-0.4, -0.2) is 18.6 Å². The van der Waals surface area contributed by atoms with Gasteiger partial charge in [-0.2, -0.15) is 0 Å². The van der Waals surface area contributed by atoms with Gasteiger partial charge in [0.15, 0.2) is 0 Å². The van der Waals surface area contributed by atoms with Crippen molar-refractivity contribution < 1.29 is 4.74 Å². The van der Waals surface area contributed by atoms with Gasteiger partial charge in [-0.05, 0) is 6.07 Å². The first-order chi connectivity index (χ1) is 8.40. The smallest absolute Gasteiger partial charge is 0.123 e. The van der Waals surface area contributed by atoms with Crippen LogP contribution in [0.25, 0.3) is 0 Å². The Hall–Kier alpha value is -1.39. The third-order valence-corrected chi connectivity index (χ3v) is 3.18. The molecule has 1 heterocycles. The number of hydrogen-bond donors (Lipinski definition) is 1. The maximum Gasteiger partial charge on any atom is 0.123 e. The minimum absolute atomic E-state index is 0.828. The Morgan fingerprint density at radius 2 is 2.24 bits per heavy atom. The molecule has 1 aromatic carbocycles. The molecule has 0 bridgehead atoms. The van der Waals surface area contributed by atoms with Crippen LogP contribution in [0, 0.1) is 0 Å². The molecule has 0 aliphatic heterocycles. The number of para-hydroxylation sites is 1. The van der Waals surface area contributed by atoms with Crippen LogP contribution >= 0.6 is 11.3 Å². The molecule has 0 saturated carbocycles. The molecule has 0 spiro atoms. The first-order valence-corrected chi connectivity index (χ1v) is 6.54. The molecule has 2 rings (SSSR count). The van der Waals surface area contributed by atoms with E-state index in [1.54, 1.807) is 18.4 Å². The van der Waals surface area contributed by atoms with Crippen LogP contribution in [0.15, 0.2) is 35.2 Å². The Morgan fingerprint density at radius 3 is 3.00 bits per heavy atom. The zero-order chi connectivity index (χ0) is 11.9. The molecule has 0 fully saturated rings. The Balaban J connectivity index is 1.78. The van der Waals surface area contributed by atoms with Crippen molar-refractivity contribution in [2.75, 3.05) is 13.7 Å². The summed E-state index contributed by atoms with van der Waals surface area (Å²) >= 11 is 1.64. The zero-order valence-electron chi connectivity index (χ0n) is 9.85. The van der Waals surface area contributed by atoms with Gasteiger partial charge in [0, 0.05) is 30.5 Å². The van der Waals surface area contributed by atoms with Crippen LogP contribution < -0.4 is 10.1 Å². The third kappa shape index (κ3) is 3.54. The second-order valence-electron chi connectivity index (χ2n) is 3.72. The van der Waals surface area contributed by atoms with Gasteiger partial charge in [-0.25, -0.2) is 4.98 Å². The molecule has 1 aromatic heterocycles. The number of benzene rings is 1. The Bertz CT molecular complexity index is 442. The lowest BCUT2D eigenvalue weighted by atomic mass is 10.2. The maximum atomic E-state index is 5.30. The summed E-state index contributed by atoms with van der Waals surface area (Å²) in [4.78, 5) is 4.25. The topological polar surface area (TPSA) is 34.1 Å². The molecule has 4 heteroatoms. The number of nitrogens with one attached hydrogen (secondary N) is 1. The van der Waals surface area contributed by atoms with Crippen molar-refractivity contribution in [1.82, 2.24) is 10.3 Å². The van der Waals surface area contributed by atoms with Crippen molar-refractivity contribution in [2.45, 2.75) is 13.0 Å². The van der Waals surface area contributed by atoms with E-state index in [1.807, 2.05) is 23.7 Å². The van der Waals surface area contributed by atoms with E-state index in [9.17, 15) is 0 Å². The molecule has 0 aliphatic carbocycles. The van der Waals surface area contributed by atoms with Crippen molar-refractivity contribution >= 4 is 11.3 Å². The minimum Gasteiger partial charge on any atom is -0.496 e. The summed E-state index contributed by atoms with van der Waals surface area (Å²) in [6.45, 7) is 1.76. The summed E-state index contributed by atoms with van der Waals surface area (Å²) < 4.78 is 5.30. The molecule has 17 heavy (non-hydrogen) atoms. The Morgan fingerprint density at radius 1 is 1.35 bits per heavy atom. The molecule has 0 atom stereocenters. The van der Waals surface area contributed by atoms with Crippen LogP contribution in [0.3, 0.4) is 0 Å². The third-order valence-electron chi connectivity index (χ3n) is 2.55. The van der Waals surface area contributed by atoms with Gasteiger partial charge in [0.05, 0.1) is 18.3 Å². The number of thiazole rings is 1. The van der Waals surface area contributed by atoms with E-state index in [0.717, 1.165) is 31.0 Å². The molecule has 1 N–H and O–H groups in total. The monoisotopic (exact) mass is 248 g/mol. The molecular formula is C13H16N2OS. The van der Waals surface area contributed by atoms with Crippen LogP contribution in [0.5, 0.6) is 5.75 Å². The number of aromatic nitrogens is 1. The van der Waals surface area contributed by atoms with E-state index >= 15 is 0 Å². The fraction of sp³-hybridized carbons (Fsp3) is 0.308.